The fraction of sp³-hybridized carbons (Fsp3) is 1.00. The largest absolute Gasteiger partial charge is 0.190 e. The van der Waals surface area contributed by atoms with Crippen LogP contribution in [0, 0.1) is 0 Å². The minimum absolute atomic E-state index is 1.60. The average molecular weight is 96.2 g/mol. The van der Waals surface area contributed by atoms with E-state index >= 15 is 0 Å². The summed E-state index contributed by atoms with van der Waals surface area (Å²) in [6.45, 7) is 0. The smallest absolute Gasteiger partial charge is 0.00855 e. The van der Waals surface area contributed by atoms with Crippen LogP contribution in [0.4, 0.5) is 3.89 Å². The predicted molar refractivity (Wildman–Crippen MR) is 26.5 cm³/mol. The van der Waals surface area contributed by atoms with Crippen LogP contribution >= 0.6 is 10.4 Å². The Hall–Kier alpha value is 0.280. The van der Waals surface area contributed by atoms with Gasteiger partial charge in [0.05, 0.1) is 0 Å². The molecule has 0 saturated carbocycles. The van der Waals surface area contributed by atoms with E-state index in [1.54, 1.807) is 18.8 Å². The van der Waals surface area contributed by atoms with Gasteiger partial charge in [-0.2, -0.15) is 3.89 Å². The Morgan fingerprint density at radius 1 is 1.20 bits per heavy atom. The molecule has 2 heteroatoms. The van der Waals surface area contributed by atoms with E-state index in [0.29, 0.717) is 0 Å². The van der Waals surface area contributed by atoms with Crippen LogP contribution in [0.2, 0.25) is 0 Å². The number of hydrogen-bond acceptors (Lipinski definition) is 0. The first-order chi connectivity index (χ1) is 2.00. The molecule has 0 radical (unpaired) electrons. The monoisotopic (exact) mass is 96.0 g/mol. The van der Waals surface area contributed by atoms with Gasteiger partial charge in [0.1, 0.15) is 0 Å². The molecule has 0 aromatic heterocycles. The summed E-state index contributed by atoms with van der Waals surface area (Å²) in [5.74, 6) is 0. The molecule has 0 N–H and O–H groups in total. The molecule has 0 unspecified atom stereocenters. The Morgan fingerprint density at radius 2 is 1.20 bits per heavy atom. The standard InChI is InChI=1S/C3H9FS/c1-5(2,3)4/h1-3H3. The average Bonchev–Trinajstić information content (AvgIpc) is 0.722. The van der Waals surface area contributed by atoms with Gasteiger partial charge in [-0.3, -0.25) is 0 Å². The molecule has 0 amide bonds. The van der Waals surface area contributed by atoms with Crippen molar-refractivity contribution in [2.45, 2.75) is 0 Å². The van der Waals surface area contributed by atoms with Crippen molar-refractivity contribution < 1.29 is 3.89 Å². The van der Waals surface area contributed by atoms with Gasteiger partial charge in [0.2, 0.25) is 0 Å². The Kier molecular flexibility index (Phi) is 1.23. The van der Waals surface area contributed by atoms with Crippen molar-refractivity contribution in [1.82, 2.24) is 0 Å². The van der Waals surface area contributed by atoms with Gasteiger partial charge < -0.3 is 0 Å². The normalized spacial score (nSPS) is 15.2. The molecule has 0 aliphatic heterocycles. The minimum Gasteiger partial charge on any atom is -0.190 e. The van der Waals surface area contributed by atoms with Crippen LogP contribution in [-0.4, -0.2) is 18.8 Å². The first-order valence-electron chi connectivity index (χ1n) is 1.38. The number of hydrogen-bond donors (Lipinski definition) is 0. The molecule has 0 spiro atoms. The molecule has 0 saturated heterocycles. The third-order valence-corrected chi connectivity index (χ3v) is 0. The molecule has 0 fully saturated rings. The Morgan fingerprint density at radius 3 is 1.20 bits per heavy atom. The van der Waals surface area contributed by atoms with Gasteiger partial charge in [-0.15, -0.1) is 10.4 Å². The van der Waals surface area contributed by atoms with Crippen molar-refractivity contribution in [2.24, 2.45) is 0 Å². The Bertz CT molecular complexity index is 22.4. The van der Waals surface area contributed by atoms with E-state index in [1.165, 1.54) is 0 Å². The van der Waals surface area contributed by atoms with Crippen LogP contribution < -0.4 is 0 Å². The third-order valence-electron chi connectivity index (χ3n) is 0. The summed E-state index contributed by atoms with van der Waals surface area (Å²) < 4.78 is 11.8. The zero-order valence-electron chi connectivity index (χ0n) is 3.79. The van der Waals surface area contributed by atoms with Crippen molar-refractivity contribution in [3.63, 3.8) is 0 Å². The van der Waals surface area contributed by atoms with Gasteiger partial charge in [-0.1, -0.05) is 0 Å². The van der Waals surface area contributed by atoms with Crippen molar-refractivity contribution in [1.29, 1.82) is 0 Å². The second-order valence-corrected chi connectivity index (χ2v) is 5.06. The molecule has 0 nitrogen and oxygen atoms in total. The predicted octanol–water partition coefficient (Wildman–Crippen LogP) is 1.56. The third kappa shape index (κ3) is 284. The highest BCUT2D eigenvalue weighted by Crippen LogP contribution is 2.35. The summed E-state index contributed by atoms with van der Waals surface area (Å²) in [5, 5.41) is 0. The van der Waals surface area contributed by atoms with E-state index in [4.69, 9.17) is 0 Å². The zero-order valence-corrected chi connectivity index (χ0v) is 4.60. The van der Waals surface area contributed by atoms with Crippen LogP contribution in [0.5, 0.6) is 0 Å². The highest BCUT2D eigenvalue weighted by Gasteiger charge is 1.93. The lowest BCUT2D eigenvalue weighted by molar-refractivity contribution is 0.911. The highest BCUT2D eigenvalue weighted by molar-refractivity contribution is 8.27. The molecule has 0 rings (SSSR count). The fourth-order valence-corrected chi connectivity index (χ4v) is 0. The topological polar surface area (TPSA) is 0 Å². The Labute approximate surface area is 34.0 Å². The first kappa shape index (κ1) is 5.28. The maximum atomic E-state index is 11.8. The molecule has 0 heterocycles. The van der Waals surface area contributed by atoms with E-state index < -0.39 is 10.4 Å². The van der Waals surface area contributed by atoms with E-state index in [2.05, 4.69) is 0 Å². The summed E-state index contributed by atoms with van der Waals surface area (Å²) in [4.78, 5) is 0. The maximum absolute atomic E-state index is 11.8. The van der Waals surface area contributed by atoms with Gasteiger partial charge >= 0.3 is 0 Å². The SMILES string of the molecule is CS(C)(C)F. The summed E-state index contributed by atoms with van der Waals surface area (Å²) in [7, 11) is -1.67. The van der Waals surface area contributed by atoms with Gasteiger partial charge in [0, 0.05) is 0 Å². The minimum atomic E-state index is -1.67. The van der Waals surface area contributed by atoms with Crippen LogP contribution in [0.1, 0.15) is 0 Å². The molecule has 0 aromatic rings. The second-order valence-electron chi connectivity index (χ2n) is 1.69. The van der Waals surface area contributed by atoms with Crippen molar-refractivity contribution in [3.8, 4) is 0 Å². The molecule has 0 atom stereocenters. The van der Waals surface area contributed by atoms with Gasteiger partial charge in [-0.25, -0.2) is 0 Å². The lowest BCUT2D eigenvalue weighted by Crippen LogP contribution is -1.75. The molecular formula is C3H9FS. The molecule has 34 valence electrons. The fourth-order valence-electron chi connectivity index (χ4n) is 0. The maximum Gasteiger partial charge on any atom is -0.00855 e. The molecule has 5 heavy (non-hydrogen) atoms. The van der Waals surface area contributed by atoms with Gasteiger partial charge in [-0.05, 0) is 18.8 Å². The van der Waals surface area contributed by atoms with Crippen molar-refractivity contribution in [2.75, 3.05) is 18.8 Å². The lowest BCUT2D eigenvalue weighted by atomic mass is 11.9. The number of halogens is 1. The van der Waals surface area contributed by atoms with E-state index in [1.807, 2.05) is 0 Å². The summed E-state index contributed by atoms with van der Waals surface area (Å²) in [5.41, 5.74) is 0. The van der Waals surface area contributed by atoms with E-state index in [9.17, 15) is 3.89 Å². The molecule has 0 aliphatic rings. The number of rotatable bonds is 0. The molecule has 0 bridgehead atoms. The van der Waals surface area contributed by atoms with E-state index in [-0.39, 0.29) is 0 Å². The lowest BCUT2D eigenvalue weighted by Gasteiger charge is -2.08. The van der Waals surface area contributed by atoms with E-state index in [0.717, 1.165) is 0 Å². The van der Waals surface area contributed by atoms with Crippen LogP contribution in [0.3, 0.4) is 0 Å². The van der Waals surface area contributed by atoms with Crippen LogP contribution in [-0.2, 0) is 0 Å². The second kappa shape index (κ2) is 1.17. The zero-order chi connectivity index (χ0) is 4.50. The molecular weight excluding hydrogens is 87.1 g/mol. The quantitative estimate of drug-likeness (QED) is 0.429. The highest BCUT2D eigenvalue weighted by atomic mass is 32.3. The van der Waals surface area contributed by atoms with Crippen molar-refractivity contribution in [3.05, 3.63) is 0 Å². The summed E-state index contributed by atoms with van der Waals surface area (Å²) in [6, 6.07) is 0. The molecule has 0 aliphatic carbocycles. The van der Waals surface area contributed by atoms with Crippen LogP contribution in [0.15, 0.2) is 0 Å². The van der Waals surface area contributed by atoms with Crippen LogP contribution in [0.25, 0.3) is 0 Å². The Balaban J connectivity index is 3.02. The van der Waals surface area contributed by atoms with Gasteiger partial charge in [0.25, 0.3) is 0 Å². The molecule has 0 aromatic carbocycles. The first-order valence-corrected chi connectivity index (χ1v) is 4.14. The van der Waals surface area contributed by atoms with Crippen molar-refractivity contribution >= 4 is 10.4 Å². The summed E-state index contributed by atoms with van der Waals surface area (Å²) >= 11 is 0. The summed E-state index contributed by atoms with van der Waals surface area (Å²) in [6.07, 6.45) is 4.81. The van der Waals surface area contributed by atoms with Gasteiger partial charge in [0.15, 0.2) is 0 Å².